The summed E-state index contributed by atoms with van der Waals surface area (Å²) in [6.07, 6.45) is 5.04. The third kappa shape index (κ3) is 3.81. The zero-order chi connectivity index (χ0) is 18.3. The van der Waals surface area contributed by atoms with Crippen LogP contribution in [0.1, 0.15) is 37.7 Å². The average Bonchev–Trinajstić information content (AvgIpc) is 3.40. The molecule has 1 aromatic carbocycles. The Hall–Kier alpha value is -1.40. The third-order valence-corrected chi connectivity index (χ3v) is 6.78. The van der Waals surface area contributed by atoms with Gasteiger partial charge >= 0.3 is 0 Å². The highest BCUT2D eigenvalue weighted by Gasteiger charge is 2.37. The number of likely N-dealkylation sites (tertiary alicyclic amines) is 1. The smallest absolute Gasteiger partial charge is 0.227 e. The van der Waals surface area contributed by atoms with Gasteiger partial charge in [-0.25, -0.2) is 0 Å². The lowest BCUT2D eigenvalue weighted by atomic mass is 10.0. The number of rotatable bonds is 4. The van der Waals surface area contributed by atoms with E-state index in [0.29, 0.717) is 13.0 Å². The van der Waals surface area contributed by atoms with E-state index in [4.69, 9.17) is 0 Å². The van der Waals surface area contributed by atoms with Crippen molar-refractivity contribution in [2.75, 3.05) is 24.5 Å². The van der Waals surface area contributed by atoms with Crippen molar-refractivity contribution in [1.29, 1.82) is 0 Å². The van der Waals surface area contributed by atoms with Gasteiger partial charge in [0.1, 0.15) is 0 Å². The Morgan fingerprint density at radius 3 is 2.58 bits per heavy atom. The Labute approximate surface area is 163 Å². The molecule has 0 unspecified atom stereocenters. The minimum Gasteiger partial charge on any atom is -0.353 e. The number of carbonyl (C=O) groups excluding carboxylic acids is 2. The molecule has 1 saturated carbocycles. The number of halogens is 1. The summed E-state index contributed by atoms with van der Waals surface area (Å²) in [6, 6.07) is 6.95. The Morgan fingerprint density at radius 2 is 1.92 bits per heavy atom. The maximum atomic E-state index is 12.7. The van der Waals surface area contributed by atoms with E-state index in [1.807, 2.05) is 25.1 Å². The largest absolute Gasteiger partial charge is 0.353 e. The molecular formula is C20H26BrN3O2. The Balaban J connectivity index is 1.32. The average molecular weight is 420 g/mol. The predicted molar refractivity (Wildman–Crippen MR) is 105 cm³/mol. The summed E-state index contributed by atoms with van der Waals surface area (Å²) in [5.41, 5.74) is 1.97. The molecule has 26 heavy (non-hydrogen) atoms. The summed E-state index contributed by atoms with van der Waals surface area (Å²) < 4.78 is 1.03. The van der Waals surface area contributed by atoms with Gasteiger partial charge in [-0.1, -0.05) is 15.9 Å². The molecule has 140 valence electrons. The number of hydrogen-bond acceptors (Lipinski definition) is 3. The van der Waals surface area contributed by atoms with Crippen molar-refractivity contribution in [2.24, 2.45) is 5.92 Å². The molecule has 1 N–H and O–H groups in total. The summed E-state index contributed by atoms with van der Waals surface area (Å²) in [6.45, 7) is 4.66. The van der Waals surface area contributed by atoms with Crippen LogP contribution < -0.4 is 10.2 Å². The summed E-state index contributed by atoms with van der Waals surface area (Å²) in [7, 11) is 0. The van der Waals surface area contributed by atoms with Crippen molar-refractivity contribution in [1.82, 2.24) is 10.2 Å². The van der Waals surface area contributed by atoms with Gasteiger partial charge in [0.2, 0.25) is 11.8 Å². The van der Waals surface area contributed by atoms with E-state index >= 15 is 0 Å². The first kappa shape index (κ1) is 18.0. The van der Waals surface area contributed by atoms with Crippen LogP contribution in [0.3, 0.4) is 0 Å². The highest BCUT2D eigenvalue weighted by atomic mass is 79.9. The van der Waals surface area contributed by atoms with E-state index in [9.17, 15) is 9.59 Å². The molecule has 0 spiro atoms. The first-order chi connectivity index (χ1) is 12.5. The van der Waals surface area contributed by atoms with E-state index in [0.717, 1.165) is 47.7 Å². The molecule has 1 atom stereocenters. The molecule has 5 nitrogen and oxygen atoms in total. The number of nitrogens with one attached hydrogen (secondary N) is 1. The maximum Gasteiger partial charge on any atom is 0.227 e. The molecule has 1 aliphatic carbocycles. The number of benzene rings is 1. The minimum absolute atomic E-state index is 0.0374. The maximum absolute atomic E-state index is 12.7. The van der Waals surface area contributed by atoms with Gasteiger partial charge in [-0.2, -0.15) is 0 Å². The number of aryl methyl sites for hydroxylation is 1. The molecule has 6 heteroatoms. The molecule has 2 saturated heterocycles. The fraction of sp³-hybridized carbons (Fsp3) is 0.600. The van der Waals surface area contributed by atoms with Crippen molar-refractivity contribution in [3.63, 3.8) is 0 Å². The first-order valence-electron chi connectivity index (χ1n) is 9.62. The minimum atomic E-state index is -0.243. The van der Waals surface area contributed by atoms with E-state index < -0.39 is 0 Å². The van der Waals surface area contributed by atoms with Crippen LogP contribution >= 0.6 is 15.9 Å². The van der Waals surface area contributed by atoms with Crippen LogP contribution in [-0.2, 0) is 9.59 Å². The lowest BCUT2D eigenvalue weighted by Gasteiger charge is -2.32. The Kier molecular flexibility index (Phi) is 5.06. The van der Waals surface area contributed by atoms with Gasteiger partial charge in [-0.3, -0.25) is 9.59 Å². The van der Waals surface area contributed by atoms with Gasteiger partial charge in [0.05, 0.1) is 5.92 Å². The fourth-order valence-corrected chi connectivity index (χ4v) is 4.34. The lowest BCUT2D eigenvalue weighted by molar-refractivity contribution is -0.127. The quantitative estimate of drug-likeness (QED) is 0.815. The van der Waals surface area contributed by atoms with Crippen molar-refractivity contribution in [3.05, 3.63) is 28.2 Å². The summed E-state index contributed by atoms with van der Waals surface area (Å²) in [5.74, 6) is -0.164. The topological polar surface area (TPSA) is 52.7 Å². The molecule has 2 aliphatic heterocycles. The fourth-order valence-electron chi connectivity index (χ4n) is 4.10. The number of amides is 2. The first-order valence-corrected chi connectivity index (χ1v) is 10.4. The summed E-state index contributed by atoms with van der Waals surface area (Å²) in [5, 5.41) is 3.20. The summed E-state index contributed by atoms with van der Waals surface area (Å²) in [4.78, 5) is 29.4. The van der Waals surface area contributed by atoms with Crippen molar-refractivity contribution < 1.29 is 9.59 Å². The highest BCUT2D eigenvalue weighted by molar-refractivity contribution is 9.10. The standard InChI is InChI=1S/C20H26BrN3O2/c1-13-10-17(4-5-18(13)21)24-12-14(11-19(24)25)20(26)22-15-6-8-23(9-7-15)16-2-3-16/h4-5,10,14-16H,2-3,6-9,11-12H2,1H3,(H,22,26)/t14-/m0/s1. The molecule has 0 aromatic heterocycles. The van der Waals surface area contributed by atoms with Crippen LogP contribution in [0.2, 0.25) is 0 Å². The molecule has 3 fully saturated rings. The van der Waals surface area contributed by atoms with Gasteiger partial charge < -0.3 is 15.1 Å². The van der Waals surface area contributed by atoms with Crippen LogP contribution in [0.5, 0.6) is 0 Å². The molecule has 4 rings (SSSR count). The van der Waals surface area contributed by atoms with Gasteiger partial charge in [0, 0.05) is 48.3 Å². The molecule has 2 amide bonds. The van der Waals surface area contributed by atoms with Gasteiger partial charge in [0.15, 0.2) is 0 Å². The van der Waals surface area contributed by atoms with Crippen molar-refractivity contribution >= 4 is 33.4 Å². The van der Waals surface area contributed by atoms with Crippen LogP contribution in [0.4, 0.5) is 5.69 Å². The monoisotopic (exact) mass is 419 g/mol. The second kappa shape index (κ2) is 7.31. The van der Waals surface area contributed by atoms with Crippen LogP contribution in [0, 0.1) is 12.8 Å². The molecule has 1 aromatic rings. The summed E-state index contributed by atoms with van der Waals surface area (Å²) >= 11 is 3.49. The second-order valence-electron chi connectivity index (χ2n) is 7.89. The van der Waals surface area contributed by atoms with E-state index in [2.05, 4.69) is 26.1 Å². The molecule has 2 heterocycles. The normalized spacial score (nSPS) is 24.9. The van der Waals surface area contributed by atoms with Gasteiger partial charge in [-0.15, -0.1) is 0 Å². The van der Waals surface area contributed by atoms with E-state index in [1.54, 1.807) is 4.90 Å². The zero-order valence-corrected chi connectivity index (χ0v) is 16.8. The number of hydrogen-bond donors (Lipinski definition) is 1. The number of piperidine rings is 1. The number of anilines is 1. The third-order valence-electron chi connectivity index (χ3n) is 5.89. The van der Waals surface area contributed by atoms with E-state index in [-0.39, 0.29) is 23.8 Å². The van der Waals surface area contributed by atoms with Gasteiger partial charge in [0.25, 0.3) is 0 Å². The van der Waals surface area contributed by atoms with Crippen molar-refractivity contribution in [2.45, 2.75) is 51.1 Å². The second-order valence-corrected chi connectivity index (χ2v) is 8.74. The SMILES string of the molecule is Cc1cc(N2C[C@@H](C(=O)NC3CCN(C4CC4)CC3)CC2=O)ccc1Br. The van der Waals surface area contributed by atoms with Crippen LogP contribution in [0.15, 0.2) is 22.7 Å². The Morgan fingerprint density at radius 1 is 1.19 bits per heavy atom. The lowest BCUT2D eigenvalue weighted by Crippen LogP contribution is -2.47. The number of carbonyl (C=O) groups is 2. The number of nitrogens with zero attached hydrogens (tertiary/aromatic N) is 2. The molecule has 3 aliphatic rings. The molecular weight excluding hydrogens is 394 g/mol. The van der Waals surface area contributed by atoms with Crippen LogP contribution in [-0.4, -0.2) is 48.4 Å². The van der Waals surface area contributed by atoms with E-state index in [1.165, 1.54) is 12.8 Å². The zero-order valence-electron chi connectivity index (χ0n) is 15.2. The Bertz CT molecular complexity index is 711. The predicted octanol–water partition coefficient (Wildman–Crippen LogP) is 2.85. The van der Waals surface area contributed by atoms with Gasteiger partial charge in [-0.05, 0) is 56.4 Å². The molecule has 0 bridgehead atoms. The van der Waals surface area contributed by atoms with Crippen molar-refractivity contribution in [3.8, 4) is 0 Å². The highest BCUT2D eigenvalue weighted by Crippen LogP contribution is 2.30. The van der Waals surface area contributed by atoms with Crippen LogP contribution in [0.25, 0.3) is 0 Å². The molecule has 0 radical (unpaired) electrons.